The topological polar surface area (TPSA) is 49.7 Å². The van der Waals surface area contributed by atoms with Crippen LogP contribution in [-0.4, -0.2) is 29.5 Å². The number of aliphatic hydroxyl groups excluding tert-OH is 2. The number of unbranched alkanes of at least 4 members (excludes halogenated alkanes) is 6. The van der Waals surface area contributed by atoms with Gasteiger partial charge in [-0.3, -0.25) is 0 Å². The Kier molecular flexibility index (Phi) is 9.92. The van der Waals surface area contributed by atoms with Crippen molar-refractivity contribution in [2.45, 2.75) is 64.4 Å². The van der Waals surface area contributed by atoms with E-state index in [1.807, 2.05) is 12.1 Å². The molecule has 0 aliphatic rings. The minimum atomic E-state index is -0.808. The van der Waals surface area contributed by atoms with Crippen LogP contribution in [0.25, 0.3) is 0 Å². The van der Waals surface area contributed by atoms with Gasteiger partial charge in [0.2, 0.25) is 0 Å². The molecule has 0 saturated heterocycles. The first-order valence-electron chi connectivity index (χ1n) is 8.27. The summed E-state index contributed by atoms with van der Waals surface area (Å²) in [6, 6.07) is 8.02. The zero-order chi connectivity index (χ0) is 15.3. The van der Waals surface area contributed by atoms with E-state index in [4.69, 9.17) is 9.84 Å². The molecule has 0 spiro atoms. The van der Waals surface area contributed by atoms with Crippen LogP contribution in [0.15, 0.2) is 24.3 Å². The van der Waals surface area contributed by atoms with E-state index in [0.717, 1.165) is 12.2 Å². The summed E-state index contributed by atoms with van der Waals surface area (Å²) in [5, 5.41) is 17.9. The first-order valence-corrected chi connectivity index (χ1v) is 8.27. The van der Waals surface area contributed by atoms with Crippen LogP contribution in [0.3, 0.4) is 0 Å². The Morgan fingerprint density at radius 2 is 1.57 bits per heavy atom. The van der Waals surface area contributed by atoms with Gasteiger partial charge in [0.05, 0.1) is 6.61 Å². The van der Waals surface area contributed by atoms with Crippen molar-refractivity contribution >= 4 is 0 Å². The van der Waals surface area contributed by atoms with E-state index in [-0.39, 0.29) is 13.2 Å². The normalized spacial score (nSPS) is 12.3. The Balaban J connectivity index is 2.13. The van der Waals surface area contributed by atoms with Gasteiger partial charge in [0.25, 0.3) is 0 Å². The van der Waals surface area contributed by atoms with E-state index in [2.05, 4.69) is 19.1 Å². The minimum Gasteiger partial charge on any atom is -0.491 e. The maximum Gasteiger partial charge on any atom is 0.119 e. The predicted octanol–water partition coefficient (Wildman–Crippen LogP) is 3.71. The van der Waals surface area contributed by atoms with Crippen LogP contribution in [0.5, 0.6) is 5.75 Å². The van der Waals surface area contributed by atoms with E-state index < -0.39 is 6.10 Å². The quantitative estimate of drug-likeness (QED) is 0.578. The van der Waals surface area contributed by atoms with E-state index in [0.29, 0.717) is 0 Å². The second-order valence-corrected chi connectivity index (χ2v) is 5.66. The maximum atomic E-state index is 9.22. The Morgan fingerprint density at radius 1 is 0.952 bits per heavy atom. The summed E-state index contributed by atoms with van der Waals surface area (Å²) in [6.07, 6.45) is 9.64. The molecule has 0 aliphatic heterocycles. The highest BCUT2D eigenvalue weighted by Gasteiger charge is 2.03. The summed E-state index contributed by atoms with van der Waals surface area (Å²) >= 11 is 0. The summed E-state index contributed by atoms with van der Waals surface area (Å²) in [4.78, 5) is 0. The Bertz CT molecular complexity index is 348. The third kappa shape index (κ3) is 8.74. The fourth-order valence-electron chi connectivity index (χ4n) is 2.28. The smallest absolute Gasteiger partial charge is 0.119 e. The molecule has 120 valence electrons. The minimum absolute atomic E-state index is 0.133. The lowest BCUT2D eigenvalue weighted by Gasteiger charge is -2.10. The van der Waals surface area contributed by atoms with Gasteiger partial charge in [0.1, 0.15) is 18.5 Å². The van der Waals surface area contributed by atoms with Crippen molar-refractivity contribution in [1.82, 2.24) is 0 Å². The van der Waals surface area contributed by atoms with Crippen LogP contribution in [0.2, 0.25) is 0 Å². The number of rotatable bonds is 12. The lowest BCUT2D eigenvalue weighted by atomic mass is 10.0. The van der Waals surface area contributed by atoms with Crippen LogP contribution in [-0.2, 0) is 6.42 Å². The van der Waals surface area contributed by atoms with E-state index in [1.54, 1.807) is 0 Å². The zero-order valence-corrected chi connectivity index (χ0v) is 13.3. The third-order valence-corrected chi connectivity index (χ3v) is 3.65. The molecule has 0 radical (unpaired) electrons. The summed E-state index contributed by atoms with van der Waals surface area (Å²) in [7, 11) is 0. The molecule has 0 aliphatic carbocycles. The van der Waals surface area contributed by atoms with Crippen molar-refractivity contribution in [3.63, 3.8) is 0 Å². The van der Waals surface area contributed by atoms with Gasteiger partial charge in [-0.1, -0.05) is 57.6 Å². The number of ether oxygens (including phenoxy) is 1. The van der Waals surface area contributed by atoms with Crippen LogP contribution < -0.4 is 4.74 Å². The summed E-state index contributed by atoms with van der Waals surface area (Å²) in [6.45, 7) is 2.11. The third-order valence-electron chi connectivity index (χ3n) is 3.65. The number of hydrogen-bond acceptors (Lipinski definition) is 3. The van der Waals surface area contributed by atoms with Crippen molar-refractivity contribution in [2.75, 3.05) is 13.2 Å². The summed E-state index contributed by atoms with van der Waals surface area (Å²) in [5.74, 6) is 0.741. The van der Waals surface area contributed by atoms with Gasteiger partial charge in [-0.15, -0.1) is 0 Å². The van der Waals surface area contributed by atoms with Crippen LogP contribution in [0.4, 0.5) is 0 Å². The molecule has 1 atom stereocenters. The fraction of sp³-hybridized carbons (Fsp3) is 0.667. The number of aliphatic hydroxyl groups is 2. The second kappa shape index (κ2) is 11.6. The summed E-state index contributed by atoms with van der Waals surface area (Å²) < 4.78 is 5.38. The molecule has 1 rings (SSSR count). The number of hydrogen-bond donors (Lipinski definition) is 2. The SMILES string of the molecule is CCCCCCCCCc1ccc(OCC(O)CO)cc1. The van der Waals surface area contributed by atoms with Crippen LogP contribution in [0, 0.1) is 0 Å². The van der Waals surface area contributed by atoms with Gasteiger partial charge in [-0.05, 0) is 30.5 Å². The van der Waals surface area contributed by atoms with Crippen molar-refractivity contribution < 1.29 is 14.9 Å². The summed E-state index contributed by atoms with van der Waals surface area (Å²) in [5.41, 5.74) is 1.33. The number of aryl methyl sites for hydroxylation is 1. The van der Waals surface area contributed by atoms with E-state index >= 15 is 0 Å². The lowest BCUT2D eigenvalue weighted by molar-refractivity contribution is 0.0536. The highest BCUT2D eigenvalue weighted by atomic mass is 16.5. The maximum absolute atomic E-state index is 9.22. The van der Waals surface area contributed by atoms with Gasteiger partial charge in [0, 0.05) is 0 Å². The molecule has 1 aromatic rings. The van der Waals surface area contributed by atoms with E-state index in [1.165, 1.54) is 50.5 Å². The molecule has 0 aromatic heterocycles. The molecular weight excluding hydrogens is 264 g/mol. The van der Waals surface area contributed by atoms with Crippen molar-refractivity contribution in [2.24, 2.45) is 0 Å². The highest BCUT2D eigenvalue weighted by molar-refractivity contribution is 5.27. The monoisotopic (exact) mass is 294 g/mol. The predicted molar refractivity (Wildman–Crippen MR) is 86.7 cm³/mol. The van der Waals surface area contributed by atoms with Crippen LogP contribution >= 0.6 is 0 Å². The van der Waals surface area contributed by atoms with Crippen molar-refractivity contribution in [3.05, 3.63) is 29.8 Å². The average Bonchev–Trinajstić information content (AvgIpc) is 2.52. The van der Waals surface area contributed by atoms with E-state index in [9.17, 15) is 5.11 Å². The van der Waals surface area contributed by atoms with Crippen LogP contribution in [0.1, 0.15) is 57.4 Å². The van der Waals surface area contributed by atoms with Gasteiger partial charge in [-0.25, -0.2) is 0 Å². The van der Waals surface area contributed by atoms with Gasteiger partial charge < -0.3 is 14.9 Å². The molecule has 1 aromatic carbocycles. The Labute approximate surface area is 129 Å². The Hall–Kier alpha value is -1.06. The molecule has 2 N–H and O–H groups in total. The second-order valence-electron chi connectivity index (χ2n) is 5.66. The molecule has 21 heavy (non-hydrogen) atoms. The molecule has 0 heterocycles. The average molecular weight is 294 g/mol. The molecule has 0 saturated carbocycles. The van der Waals surface area contributed by atoms with Gasteiger partial charge in [0.15, 0.2) is 0 Å². The highest BCUT2D eigenvalue weighted by Crippen LogP contribution is 2.15. The molecule has 0 amide bonds. The van der Waals surface area contributed by atoms with Crippen molar-refractivity contribution in [3.8, 4) is 5.75 Å². The van der Waals surface area contributed by atoms with Crippen molar-refractivity contribution in [1.29, 1.82) is 0 Å². The Morgan fingerprint density at radius 3 is 2.19 bits per heavy atom. The molecular formula is C18H30O3. The standard InChI is InChI=1S/C18H30O3/c1-2-3-4-5-6-7-8-9-16-10-12-18(13-11-16)21-15-17(20)14-19/h10-13,17,19-20H,2-9,14-15H2,1H3. The fourth-order valence-corrected chi connectivity index (χ4v) is 2.28. The zero-order valence-electron chi connectivity index (χ0n) is 13.3. The molecule has 0 fully saturated rings. The molecule has 3 heteroatoms. The molecule has 0 bridgehead atoms. The van der Waals surface area contributed by atoms with Gasteiger partial charge in [-0.2, -0.15) is 0 Å². The number of benzene rings is 1. The first kappa shape index (κ1) is 18.0. The first-order chi connectivity index (χ1) is 10.3. The molecule has 3 nitrogen and oxygen atoms in total. The largest absolute Gasteiger partial charge is 0.491 e. The lowest BCUT2D eigenvalue weighted by Crippen LogP contribution is -2.21. The molecule has 1 unspecified atom stereocenters. The van der Waals surface area contributed by atoms with Gasteiger partial charge >= 0.3 is 0 Å².